The summed E-state index contributed by atoms with van der Waals surface area (Å²) < 4.78 is 1.68. The number of piperidine rings is 1. The molecule has 156 valence electrons. The number of hydrogen-bond acceptors (Lipinski definition) is 5. The Bertz CT molecular complexity index is 1300. The zero-order valence-corrected chi connectivity index (χ0v) is 17.2. The first-order chi connectivity index (χ1) is 15.2. The van der Waals surface area contributed by atoms with Crippen molar-refractivity contribution in [1.82, 2.24) is 29.8 Å². The number of fused-ring (bicyclic) bond motifs is 2. The van der Waals surface area contributed by atoms with Gasteiger partial charge in [0.25, 0.3) is 11.8 Å². The Kier molecular flexibility index (Phi) is 4.82. The summed E-state index contributed by atoms with van der Waals surface area (Å²) >= 11 is 0. The van der Waals surface area contributed by atoms with Crippen LogP contribution in [0.1, 0.15) is 51.7 Å². The number of aromatic nitrogens is 4. The van der Waals surface area contributed by atoms with Gasteiger partial charge in [-0.3, -0.25) is 14.6 Å². The molecule has 1 saturated heterocycles. The van der Waals surface area contributed by atoms with E-state index in [1.54, 1.807) is 24.0 Å². The van der Waals surface area contributed by atoms with Gasteiger partial charge in [0, 0.05) is 31.4 Å². The Morgan fingerprint density at radius 3 is 2.84 bits per heavy atom. The molecular weight excluding hydrogens is 392 g/mol. The second kappa shape index (κ2) is 7.79. The average Bonchev–Trinajstić information content (AvgIpc) is 3.27. The average molecular weight is 414 g/mol. The van der Waals surface area contributed by atoms with Crippen molar-refractivity contribution in [2.45, 2.75) is 25.3 Å². The first-order valence-electron chi connectivity index (χ1n) is 10.4. The van der Waals surface area contributed by atoms with E-state index in [2.05, 4.69) is 20.4 Å². The molecule has 1 N–H and O–H groups in total. The van der Waals surface area contributed by atoms with Gasteiger partial charge in [0.15, 0.2) is 5.65 Å². The summed E-state index contributed by atoms with van der Waals surface area (Å²) in [6.07, 6.45) is 7.62. The molecule has 0 bridgehead atoms. The van der Waals surface area contributed by atoms with Crippen LogP contribution in [0.4, 0.5) is 0 Å². The second-order valence-corrected chi connectivity index (χ2v) is 7.67. The van der Waals surface area contributed by atoms with Gasteiger partial charge in [-0.15, -0.1) is 0 Å². The van der Waals surface area contributed by atoms with Crippen molar-refractivity contribution in [1.29, 1.82) is 0 Å². The van der Waals surface area contributed by atoms with Gasteiger partial charge in [0.05, 0.1) is 29.0 Å². The highest BCUT2D eigenvalue weighted by atomic mass is 16.2. The topological polar surface area (TPSA) is 92.5 Å². The Morgan fingerprint density at radius 2 is 1.97 bits per heavy atom. The Morgan fingerprint density at radius 1 is 1.10 bits per heavy atom. The second-order valence-electron chi connectivity index (χ2n) is 7.67. The van der Waals surface area contributed by atoms with Crippen LogP contribution in [-0.4, -0.2) is 49.9 Å². The maximum absolute atomic E-state index is 13.5. The smallest absolute Gasteiger partial charge is 0.256 e. The van der Waals surface area contributed by atoms with Gasteiger partial charge >= 0.3 is 0 Å². The van der Waals surface area contributed by atoms with E-state index in [4.69, 9.17) is 0 Å². The van der Waals surface area contributed by atoms with E-state index < -0.39 is 0 Å². The molecule has 1 aliphatic heterocycles. The van der Waals surface area contributed by atoms with Gasteiger partial charge in [-0.05, 0) is 37.5 Å². The van der Waals surface area contributed by atoms with Crippen LogP contribution >= 0.6 is 0 Å². The van der Waals surface area contributed by atoms with Crippen molar-refractivity contribution in [2.75, 3.05) is 13.6 Å². The number of pyridine rings is 1. The summed E-state index contributed by atoms with van der Waals surface area (Å²) in [5, 5.41) is 7.97. The number of rotatable bonds is 3. The van der Waals surface area contributed by atoms with E-state index in [9.17, 15) is 9.59 Å². The molecule has 0 spiro atoms. The monoisotopic (exact) mass is 414 g/mol. The molecule has 1 aliphatic rings. The van der Waals surface area contributed by atoms with Crippen molar-refractivity contribution in [3.8, 4) is 0 Å². The fourth-order valence-corrected chi connectivity index (χ4v) is 4.29. The highest BCUT2D eigenvalue weighted by Crippen LogP contribution is 2.32. The van der Waals surface area contributed by atoms with E-state index in [1.165, 1.54) is 6.20 Å². The zero-order chi connectivity index (χ0) is 21.4. The molecule has 0 unspecified atom stereocenters. The zero-order valence-electron chi connectivity index (χ0n) is 17.2. The lowest BCUT2D eigenvalue weighted by molar-refractivity contribution is 0.0602. The van der Waals surface area contributed by atoms with E-state index >= 15 is 0 Å². The van der Waals surface area contributed by atoms with Crippen LogP contribution in [0.15, 0.2) is 55.0 Å². The van der Waals surface area contributed by atoms with Crippen LogP contribution in [0.3, 0.4) is 0 Å². The molecule has 1 aromatic carbocycles. The van der Waals surface area contributed by atoms with Crippen LogP contribution < -0.4 is 5.32 Å². The summed E-state index contributed by atoms with van der Waals surface area (Å²) in [7, 11) is 1.58. The van der Waals surface area contributed by atoms with Crippen LogP contribution in [0.5, 0.6) is 0 Å². The first kappa shape index (κ1) is 19.2. The molecule has 1 fully saturated rings. The Balaban J connectivity index is 1.54. The molecular formula is C23H22N6O2. The van der Waals surface area contributed by atoms with E-state index in [0.29, 0.717) is 23.3 Å². The number of amides is 2. The van der Waals surface area contributed by atoms with E-state index in [0.717, 1.165) is 35.9 Å². The Labute approximate surface area is 178 Å². The molecule has 8 heteroatoms. The van der Waals surface area contributed by atoms with Crippen molar-refractivity contribution in [3.63, 3.8) is 0 Å². The third-order valence-electron chi connectivity index (χ3n) is 5.84. The van der Waals surface area contributed by atoms with Gasteiger partial charge in [0.1, 0.15) is 5.56 Å². The van der Waals surface area contributed by atoms with Crippen molar-refractivity contribution in [3.05, 3.63) is 71.8 Å². The minimum absolute atomic E-state index is 0.0494. The molecule has 0 saturated carbocycles. The van der Waals surface area contributed by atoms with Crippen LogP contribution in [0.2, 0.25) is 0 Å². The lowest BCUT2D eigenvalue weighted by atomic mass is 9.97. The third-order valence-corrected chi connectivity index (χ3v) is 5.84. The minimum Gasteiger partial charge on any atom is -0.355 e. The lowest BCUT2D eigenvalue weighted by Crippen LogP contribution is -2.39. The van der Waals surface area contributed by atoms with Crippen LogP contribution in [0, 0.1) is 0 Å². The third kappa shape index (κ3) is 3.30. The molecule has 0 radical (unpaired) electrons. The molecule has 0 aliphatic carbocycles. The van der Waals surface area contributed by atoms with Crippen molar-refractivity contribution in [2.24, 2.45) is 0 Å². The van der Waals surface area contributed by atoms with Crippen LogP contribution in [-0.2, 0) is 0 Å². The number of carbonyl (C=O) groups is 2. The number of hydrogen-bond donors (Lipinski definition) is 1. The quantitative estimate of drug-likeness (QED) is 0.556. The number of nitrogens with zero attached hydrogens (tertiary/aromatic N) is 5. The van der Waals surface area contributed by atoms with Gasteiger partial charge < -0.3 is 10.2 Å². The molecule has 31 heavy (non-hydrogen) atoms. The SMILES string of the molecule is CNC(=O)c1cnn2c([C@@H]3CCCCN3C(=O)c3cnc4ccccc4c3)ccnc12. The number of para-hydroxylation sites is 1. The number of benzene rings is 1. The summed E-state index contributed by atoms with van der Waals surface area (Å²) in [4.78, 5) is 36.4. The summed E-state index contributed by atoms with van der Waals surface area (Å²) in [5.74, 6) is -0.287. The predicted octanol–water partition coefficient (Wildman–Crippen LogP) is 3.00. The van der Waals surface area contributed by atoms with Crippen LogP contribution in [0.25, 0.3) is 16.6 Å². The molecule has 3 aromatic heterocycles. The number of carbonyl (C=O) groups excluding carboxylic acids is 2. The standard InChI is InChI=1S/C23H22N6O2/c1-24-22(30)17-14-27-29-20(9-10-25-21(17)29)19-8-4-5-11-28(19)23(31)16-12-15-6-2-3-7-18(15)26-13-16/h2-3,6-7,9-10,12-14,19H,4-5,8,11H2,1H3,(H,24,30)/t19-/m0/s1. The summed E-state index contributed by atoms with van der Waals surface area (Å²) in [5.41, 5.74) is 3.19. The molecule has 1 atom stereocenters. The molecule has 2 amide bonds. The predicted molar refractivity (Wildman–Crippen MR) is 116 cm³/mol. The summed E-state index contributed by atoms with van der Waals surface area (Å²) in [6.45, 7) is 0.656. The largest absolute Gasteiger partial charge is 0.355 e. The number of nitrogens with one attached hydrogen (secondary N) is 1. The van der Waals surface area contributed by atoms with Gasteiger partial charge in [0.2, 0.25) is 0 Å². The molecule has 4 aromatic rings. The van der Waals surface area contributed by atoms with Gasteiger partial charge in [-0.1, -0.05) is 18.2 Å². The van der Waals surface area contributed by atoms with Crippen molar-refractivity contribution < 1.29 is 9.59 Å². The normalized spacial score (nSPS) is 16.5. The van der Waals surface area contributed by atoms with Crippen molar-refractivity contribution >= 4 is 28.4 Å². The maximum atomic E-state index is 13.5. The molecule has 8 nitrogen and oxygen atoms in total. The van der Waals surface area contributed by atoms with Gasteiger partial charge in [-0.25, -0.2) is 9.50 Å². The van der Waals surface area contributed by atoms with Gasteiger partial charge in [-0.2, -0.15) is 5.10 Å². The highest BCUT2D eigenvalue weighted by Gasteiger charge is 2.31. The molecule has 4 heterocycles. The fourth-order valence-electron chi connectivity index (χ4n) is 4.29. The van der Waals surface area contributed by atoms with E-state index in [1.807, 2.05) is 41.3 Å². The fraction of sp³-hybridized carbons (Fsp3) is 0.261. The first-order valence-corrected chi connectivity index (χ1v) is 10.4. The Hall–Kier alpha value is -3.81. The highest BCUT2D eigenvalue weighted by molar-refractivity contribution is 5.99. The van der Waals surface area contributed by atoms with E-state index in [-0.39, 0.29) is 17.9 Å². The summed E-state index contributed by atoms with van der Waals surface area (Å²) in [6, 6.07) is 11.4. The maximum Gasteiger partial charge on any atom is 0.256 e. The number of likely N-dealkylation sites (tertiary alicyclic amines) is 1. The minimum atomic E-state index is -0.238. The lowest BCUT2D eigenvalue weighted by Gasteiger charge is -2.36. The molecule has 5 rings (SSSR count).